The lowest BCUT2D eigenvalue weighted by molar-refractivity contribution is -0.0439. The van der Waals surface area contributed by atoms with Gasteiger partial charge < -0.3 is 9.47 Å². The van der Waals surface area contributed by atoms with Crippen molar-refractivity contribution < 1.29 is 18.3 Å². The number of hydrogen-bond donors (Lipinski definition) is 0. The molecule has 0 aromatic carbocycles. The molecule has 1 saturated carbocycles. The number of halogens is 2. The largest absolute Gasteiger partial charge is 0.481 e. The first-order valence-corrected chi connectivity index (χ1v) is 12.3. The average Bonchev–Trinajstić information content (AvgIpc) is 2.88. The third kappa shape index (κ3) is 4.42. The lowest BCUT2D eigenvalue weighted by atomic mass is 9.86. The molecule has 4 heterocycles. The van der Waals surface area contributed by atoms with Crippen LogP contribution in [0.3, 0.4) is 0 Å². The molecule has 0 unspecified atom stereocenters. The Labute approximate surface area is 206 Å². The molecule has 2 aliphatic rings. The molecule has 10 heteroatoms. The summed E-state index contributed by atoms with van der Waals surface area (Å²) in [6, 6.07) is 4.91. The minimum absolute atomic E-state index is 0.161. The van der Waals surface area contributed by atoms with Crippen LogP contribution in [0, 0.1) is 6.92 Å². The van der Waals surface area contributed by atoms with Gasteiger partial charge in [-0.1, -0.05) is 0 Å². The second-order valence-corrected chi connectivity index (χ2v) is 9.83. The van der Waals surface area contributed by atoms with Crippen LogP contribution in [0.25, 0.3) is 11.0 Å². The highest BCUT2D eigenvalue weighted by atomic mass is 19.3. The van der Waals surface area contributed by atoms with Crippen LogP contribution in [0.5, 0.6) is 5.88 Å². The Balaban J connectivity index is 1.61. The molecule has 8 nitrogen and oxygen atoms in total. The van der Waals surface area contributed by atoms with E-state index in [-0.39, 0.29) is 54.5 Å². The predicted molar refractivity (Wildman–Crippen MR) is 130 cm³/mol. The number of aromatic nitrogens is 4. The van der Waals surface area contributed by atoms with Crippen LogP contribution in [-0.2, 0) is 11.8 Å². The van der Waals surface area contributed by atoms with Gasteiger partial charge in [0.05, 0.1) is 18.6 Å². The molecule has 0 spiro atoms. The lowest BCUT2D eigenvalue weighted by Crippen LogP contribution is -2.36. The standard InChI is InChI=1S/C26H30F2N4O4/c1-15-30-23-20(24(33)31(15)2)14-19(25(34)32(23)18-4-8-26(27,28)9-5-18)16-7-11-36-21(12-16)17-6-10-29-22(13-17)35-3/h6,10,13-14,16,18,21H,4-5,7-9,11-12H2,1-3H3/t16-,21+/m0/s1. The van der Waals surface area contributed by atoms with Gasteiger partial charge in [0.2, 0.25) is 11.8 Å². The quantitative estimate of drug-likeness (QED) is 0.534. The lowest BCUT2D eigenvalue weighted by Gasteiger charge is -2.33. The maximum atomic E-state index is 13.9. The Bertz CT molecular complexity index is 1410. The summed E-state index contributed by atoms with van der Waals surface area (Å²) in [5.74, 6) is -1.95. The Morgan fingerprint density at radius 3 is 2.61 bits per heavy atom. The SMILES string of the molecule is COc1cc([C@H]2C[C@@H](c3cc4c(=O)n(C)c(C)nc4n(C4CCC(F)(F)CC4)c3=O)CCO2)ccn1. The van der Waals surface area contributed by atoms with Crippen LogP contribution in [-0.4, -0.2) is 38.7 Å². The first-order chi connectivity index (χ1) is 17.2. The Hall–Kier alpha value is -3.14. The fraction of sp³-hybridized carbons (Fsp3) is 0.538. The van der Waals surface area contributed by atoms with E-state index in [4.69, 9.17) is 9.47 Å². The minimum atomic E-state index is -2.73. The van der Waals surface area contributed by atoms with E-state index in [2.05, 4.69) is 9.97 Å². The van der Waals surface area contributed by atoms with Crippen molar-refractivity contribution in [3.8, 4) is 5.88 Å². The molecule has 0 radical (unpaired) electrons. The smallest absolute Gasteiger partial charge is 0.262 e. The normalized spacial score (nSPS) is 22.6. The van der Waals surface area contributed by atoms with Crippen LogP contribution in [0.1, 0.15) is 73.5 Å². The van der Waals surface area contributed by atoms with Gasteiger partial charge in [-0.15, -0.1) is 0 Å². The van der Waals surface area contributed by atoms with Crippen LogP contribution >= 0.6 is 0 Å². The number of fused-ring (bicyclic) bond motifs is 1. The molecule has 0 bridgehead atoms. The van der Waals surface area contributed by atoms with Gasteiger partial charge in [-0.2, -0.15) is 0 Å². The summed E-state index contributed by atoms with van der Waals surface area (Å²) in [7, 11) is 3.19. The summed E-state index contributed by atoms with van der Waals surface area (Å²) < 4.78 is 42.1. The number of ether oxygens (including phenoxy) is 2. The zero-order chi connectivity index (χ0) is 25.6. The summed E-state index contributed by atoms with van der Waals surface area (Å²) in [6.45, 7) is 2.14. The van der Waals surface area contributed by atoms with Crippen molar-refractivity contribution in [2.75, 3.05) is 13.7 Å². The summed E-state index contributed by atoms with van der Waals surface area (Å²) in [5, 5.41) is 0.337. The van der Waals surface area contributed by atoms with Crippen LogP contribution < -0.4 is 15.9 Å². The van der Waals surface area contributed by atoms with Crippen molar-refractivity contribution in [1.82, 2.24) is 19.1 Å². The molecule has 3 aromatic heterocycles. The highest BCUT2D eigenvalue weighted by molar-refractivity contribution is 5.75. The summed E-state index contributed by atoms with van der Waals surface area (Å²) in [5.41, 5.74) is 1.18. The van der Waals surface area contributed by atoms with Crippen LogP contribution in [0.15, 0.2) is 34.0 Å². The van der Waals surface area contributed by atoms with E-state index in [0.717, 1.165) is 5.56 Å². The summed E-state index contributed by atoms with van der Waals surface area (Å²) in [6.07, 6.45) is 2.28. The van der Waals surface area contributed by atoms with Gasteiger partial charge in [-0.05, 0) is 56.2 Å². The third-order valence-electron chi connectivity index (χ3n) is 7.64. The maximum absolute atomic E-state index is 13.9. The van der Waals surface area contributed by atoms with Gasteiger partial charge in [0, 0.05) is 50.4 Å². The van der Waals surface area contributed by atoms with Gasteiger partial charge >= 0.3 is 0 Å². The van der Waals surface area contributed by atoms with Gasteiger partial charge in [-0.25, -0.2) is 18.7 Å². The molecule has 0 N–H and O–H groups in total. The summed E-state index contributed by atoms with van der Waals surface area (Å²) in [4.78, 5) is 35.9. The molecular weight excluding hydrogens is 470 g/mol. The Kier molecular flexibility index (Phi) is 6.40. The molecule has 2 fully saturated rings. The fourth-order valence-electron chi connectivity index (χ4n) is 5.44. The molecule has 192 valence electrons. The number of aryl methyl sites for hydroxylation is 1. The van der Waals surface area contributed by atoms with Crippen molar-refractivity contribution in [3.63, 3.8) is 0 Å². The third-order valence-corrected chi connectivity index (χ3v) is 7.64. The van der Waals surface area contributed by atoms with Gasteiger partial charge in [-0.3, -0.25) is 18.7 Å². The molecular formula is C26H30F2N4O4. The highest BCUT2D eigenvalue weighted by Crippen LogP contribution is 2.40. The molecule has 1 aliphatic heterocycles. The highest BCUT2D eigenvalue weighted by Gasteiger charge is 2.37. The molecule has 0 amide bonds. The molecule has 36 heavy (non-hydrogen) atoms. The number of alkyl halides is 2. The van der Waals surface area contributed by atoms with E-state index in [9.17, 15) is 18.4 Å². The van der Waals surface area contributed by atoms with E-state index < -0.39 is 12.0 Å². The molecule has 1 aliphatic carbocycles. The Morgan fingerprint density at radius 2 is 1.89 bits per heavy atom. The molecule has 3 aromatic rings. The topological polar surface area (TPSA) is 88.2 Å². The second-order valence-electron chi connectivity index (χ2n) is 9.83. The van der Waals surface area contributed by atoms with Crippen molar-refractivity contribution in [2.24, 2.45) is 7.05 Å². The first kappa shape index (κ1) is 24.5. The van der Waals surface area contributed by atoms with E-state index in [1.807, 2.05) is 12.1 Å². The maximum Gasteiger partial charge on any atom is 0.262 e. The summed E-state index contributed by atoms with van der Waals surface area (Å²) >= 11 is 0. The second kappa shape index (κ2) is 9.38. The average molecular weight is 501 g/mol. The minimum Gasteiger partial charge on any atom is -0.481 e. The zero-order valence-corrected chi connectivity index (χ0v) is 20.7. The fourth-order valence-corrected chi connectivity index (χ4v) is 5.44. The number of hydrogen-bond acceptors (Lipinski definition) is 6. The van der Waals surface area contributed by atoms with Crippen molar-refractivity contribution in [3.05, 3.63) is 62.1 Å². The van der Waals surface area contributed by atoms with Crippen molar-refractivity contribution >= 4 is 11.0 Å². The van der Waals surface area contributed by atoms with E-state index in [1.54, 1.807) is 33.3 Å². The molecule has 5 rings (SSSR count). The monoisotopic (exact) mass is 500 g/mol. The Morgan fingerprint density at radius 1 is 1.14 bits per heavy atom. The predicted octanol–water partition coefficient (Wildman–Crippen LogP) is 4.19. The van der Waals surface area contributed by atoms with Crippen LogP contribution in [0.2, 0.25) is 0 Å². The van der Waals surface area contributed by atoms with Gasteiger partial charge in [0.15, 0.2) is 5.65 Å². The van der Waals surface area contributed by atoms with E-state index >= 15 is 0 Å². The number of nitrogens with zero attached hydrogens (tertiary/aromatic N) is 4. The zero-order valence-electron chi connectivity index (χ0n) is 20.7. The van der Waals surface area contributed by atoms with Crippen LogP contribution in [0.4, 0.5) is 8.78 Å². The van der Waals surface area contributed by atoms with E-state index in [0.29, 0.717) is 42.1 Å². The number of methoxy groups -OCH3 is 1. The van der Waals surface area contributed by atoms with Gasteiger partial charge in [0.1, 0.15) is 5.82 Å². The number of pyridine rings is 2. The first-order valence-electron chi connectivity index (χ1n) is 12.3. The van der Waals surface area contributed by atoms with E-state index in [1.165, 1.54) is 9.13 Å². The van der Waals surface area contributed by atoms with Crippen molar-refractivity contribution in [1.29, 1.82) is 0 Å². The number of rotatable bonds is 4. The molecule has 1 saturated heterocycles. The van der Waals surface area contributed by atoms with Crippen molar-refractivity contribution in [2.45, 2.75) is 69.4 Å². The molecule has 2 atom stereocenters. The van der Waals surface area contributed by atoms with Gasteiger partial charge in [0.25, 0.3) is 11.1 Å².